The number of carboxylic acid groups (broad SMARTS) is 1. The molecule has 1 rings (SSSR count). The molecule has 1 heterocycles. The first-order valence-corrected chi connectivity index (χ1v) is 3.56. The van der Waals surface area contributed by atoms with E-state index >= 15 is 0 Å². The monoisotopic (exact) mass is 116 g/mol. The van der Waals surface area contributed by atoms with Gasteiger partial charge in [-0.3, -0.25) is 0 Å². The van der Waals surface area contributed by atoms with Crippen molar-refractivity contribution in [3.63, 3.8) is 0 Å². The SMILES string of the molecule is O=C(O)P1C=CC1. The van der Waals surface area contributed by atoms with Crippen molar-refractivity contribution >= 4 is 13.6 Å². The highest BCUT2D eigenvalue weighted by Gasteiger charge is 2.16. The van der Waals surface area contributed by atoms with Gasteiger partial charge in [-0.05, 0) is 6.16 Å². The van der Waals surface area contributed by atoms with Crippen LogP contribution < -0.4 is 0 Å². The third-order valence-corrected chi connectivity index (χ3v) is 2.50. The molecule has 0 amide bonds. The number of rotatable bonds is 1. The van der Waals surface area contributed by atoms with Crippen molar-refractivity contribution in [2.45, 2.75) is 0 Å². The van der Waals surface area contributed by atoms with E-state index in [9.17, 15) is 4.79 Å². The van der Waals surface area contributed by atoms with E-state index in [1.807, 2.05) is 6.08 Å². The summed E-state index contributed by atoms with van der Waals surface area (Å²) in [5.74, 6) is 1.76. The van der Waals surface area contributed by atoms with E-state index < -0.39 is 13.6 Å². The molecule has 1 atom stereocenters. The first-order valence-electron chi connectivity index (χ1n) is 1.97. The maximum absolute atomic E-state index is 9.96. The Morgan fingerprint density at radius 2 is 2.43 bits per heavy atom. The van der Waals surface area contributed by atoms with Crippen LogP contribution in [0.5, 0.6) is 0 Å². The van der Waals surface area contributed by atoms with Crippen molar-refractivity contribution in [2.75, 3.05) is 6.16 Å². The Bertz CT molecular complexity index is 119. The number of hydrogen-bond donors (Lipinski definition) is 1. The molecule has 0 saturated heterocycles. The van der Waals surface area contributed by atoms with Gasteiger partial charge in [0.2, 0.25) is 0 Å². The zero-order valence-corrected chi connectivity index (χ0v) is 4.56. The average Bonchev–Trinajstić information content (AvgIpc) is 1.23. The second kappa shape index (κ2) is 1.63. The van der Waals surface area contributed by atoms with Crippen LogP contribution in [0.2, 0.25) is 0 Å². The van der Waals surface area contributed by atoms with Crippen molar-refractivity contribution in [3.8, 4) is 0 Å². The third kappa shape index (κ3) is 0.804. The molecule has 1 aliphatic rings. The van der Waals surface area contributed by atoms with Crippen molar-refractivity contribution in [2.24, 2.45) is 0 Å². The molecule has 1 N–H and O–H groups in total. The van der Waals surface area contributed by atoms with Gasteiger partial charge in [0.15, 0.2) is 0 Å². The van der Waals surface area contributed by atoms with Crippen molar-refractivity contribution < 1.29 is 9.90 Å². The van der Waals surface area contributed by atoms with Gasteiger partial charge in [0, 0.05) is 7.92 Å². The third-order valence-electron chi connectivity index (χ3n) is 0.833. The smallest absolute Gasteiger partial charge is 0.327 e. The van der Waals surface area contributed by atoms with Crippen LogP contribution >= 0.6 is 7.92 Å². The van der Waals surface area contributed by atoms with Gasteiger partial charge in [0.05, 0.1) is 0 Å². The molecule has 0 saturated carbocycles. The lowest BCUT2D eigenvalue weighted by Gasteiger charge is -2.10. The van der Waals surface area contributed by atoms with Gasteiger partial charge in [0.25, 0.3) is 0 Å². The molecule has 0 aromatic rings. The van der Waals surface area contributed by atoms with E-state index in [0.29, 0.717) is 0 Å². The maximum Gasteiger partial charge on any atom is 0.327 e. The zero-order chi connectivity index (χ0) is 5.28. The van der Waals surface area contributed by atoms with Gasteiger partial charge in [-0.25, -0.2) is 4.79 Å². The summed E-state index contributed by atoms with van der Waals surface area (Å²) in [6, 6.07) is 0. The van der Waals surface area contributed by atoms with Gasteiger partial charge < -0.3 is 5.11 Å². The fraction of sp³-hybridized carbons (Fsp3) is 0.250. The van der Waals surface area contributed by atoms with E-state index in [-0.39, 0.29) is 0 Å². The summed E-state index contributed by atoms with van der Waals surface area (Å²) in [6.07, 6.45) is 2.67. The lowest BCUT2D eigenvalue weighted by Crippen LogP contribution is -1.96. The number of hydrogen-bond acceptors (Lipinski definition) is 1. The Morgan fingerprint density at radius 1 is 1.86 bits per heavy atom. The fourth-order valence-electron chi connectivity index (χ4n) is 0.353. The van der Waals surface area contributed by atoms with E-state index in [4.69, 9.17) is 5.11 Å². The Hall–Kier alpha value is -0.360. The Kier molecular flexibility index (Phi) is 1.11. The lowest BCUT2D eigenvalue weighted by molar-refractivity contribution is 0.221. The highest BCUT2D eigenvalue weighted by molar-refractivity contribution is 7.78. The maximum atomic E-state index is 9.96. The van der Waals surface area contributed by atoms with Crippen LogP contribution in [0.15, 0.2) is 11.9 Å². The van der Waals surface area contributed by atoms with Gasteiger partial charge in [0.1, 0.15) is 0 Å². The van der Waals surface area contributed by atoms with E-state index in [2.05, 4.69) is 0 Å². The molecule has 3 heteroatoms. The second-order valence-corrected chi connectivity index (χ2v) is 3.31. The van der Waals surface area contributed by atoms with Crippen LogP contribution in [0.25, 0.3) is 0 Å². The molecular weight excluding hydrogens is 111 g/mol. The summed E-state index contributed by atoms with van der Waals surface area (Å²) in [7, 11) is -0.721. The molecule has 0 fully saturated rings. The topological polar surface area (TPSA) is 37.3 Å². The van der Waals surface area contributed by atoms with Crippen molar-refractivity contribution in [1.29, 1.82) is 0 Å². The van der Waals surface area contributed by atoms with Crippen molar-refractivity contribution in [3.05, 3.63) is 11.9 Å². The Balaban J connectivity index is 2.44. The molecular formula is C4H5O2P. The molecule has 0 aliphatic carbocycles. The van der Waals surface area contributed by atoms with Gasteiger partial charge in [-0.2, -0.15) is 0 Å². The highest BCUT2D eigenvalue weighted by Crippen LogP contribution is 2.44. The molecule has 0 radical (unpaired) electrons. The van der Waals surface area contributed by atoms with Crippen LogP contribution in [-0.2, 0) is 0 Å². The van der Waals surface area contributed by atoms with Crippen LogP contribution in [0, 0.1) is 0 Å². The van der Waals surface area contributed by atoms with Crippen LogP contribution in [-0.4, -0.2) is 17.0 Å². The Morgan fingerprint density at radius 3 is 2.43 bits per heavy atom. The summed E-state index contributed by atoms with van der Waals surface area (Å²) < 4.78 is 0. The summed E-state index contributed by atoms with van der Waals surface area (Å²) in [5.41, 5.74) is -0.641. The van der Waals surface area contributed by atoms with Crippen LogP contribution in [0.3, 0.4) is 0 Å². The molecule has 1 aliphatic heterocycles. The molecule has 7 heavy (non-hydrogen) atoms. The number of allylic oxidation sites excluding steroid dienone is 1. The van der Waals surface area contributed by atoms with Crippen LogP contribution in [0.4, 0.5) is 4.79 Å². The Labute approximate surface area is 42.6 Å². The van der Waals surface area contributed by atoms with Crippen molar-refractivity contribution in [1.82, 2.24) is 0 Å². The minimum atomic E-state index is -0.721. The molecule has 0 aromatic carbocycles. The molecule has 0 bridgehead atoms. The first kappa shape index (κ1) is 4.79. The van der Waals surface area contributed by atoms with Gasteiger partial charge in [-0.15, -0.1) is 0 Å². The van der Waals surface area contributed by atoms with Gasteiger partial charge in [-0.1, -0.05) is 11.9 Å². The van der Waals surface area contributed by atoms with Gasteiger partial charge >= 0.3 is 5.71 Å². The lowest BCUT2D eigenvalue weighted by atomic mass is 10.7. The minimum absolute atomic E-state index is 0.641. The summed E-state index contributed by atoms with van der Waals surface area (Å²) in [4.78, 5) is 9.96. The molecule has 0 aromatic heterocycles. The quantitative estimate of drug-likeness (QED) is 0.529. The van der Waals surface area contributed by atoms with E-state index in [1.165, 1.54) is 0 Å². The molecule has 1 unspecified atom stereocenters. The first-order chi connectivity index (χ1) is 3.30. The van der Waals surface area contributed by atoms with E-state index in [1.54, 1.807) is 5.82 Å². The summed E-state index contributed by atoms with van der Waals surface area (Å²) in [6.45, 7) is 0. The summed E-state index contributed by atoms with van der Waals surface area (Å²) >= 11 is 0. The largest absolute Gasteiger partial charge is 0.478 e. The second-order valence-electron chi connectivity index (χ2n) is 1.32. The van der Waals surface area contributed by atoms with E-state index in [0.717, 1.165) is 6.16 Å². The van der Waals surface area contributed by atoms with Crippen LogP contribution in [0.1, 0.15) is 0 Å². The molecule has 0 spiro atoms. The summed E-state index contributed by atoms with van der Waals surface area (Å²) in [5, 5.41) is 8.21. The zero-order valence-electron chi connectivity index (χ0n) is 3.66. The minimum Gasteiger partial charge on any atom is -0.478 e. The fourth-order valence-corrected chi connectivity index (χ4v) is 1.06. The molecule has 2 nitrogen and oxygen atoms in total. The average molecular weight is 116 g/mol. The predicted molar refractivity (Wildman–Crippen MR) is 29.0 cm³/mol. The standard InChI is InChI=1S/C4H5O2P/c5-4(6)7-2-1-3-7/h1-2H,3H2,(H,5,6). The molecule has 38 valence electrons. The highest BCUT2D eigenvalue weighted by atomic mass is 31.1. The predicted octanol–water partition coefficient (Wildman–Crippen LogP) is 1.67. The normalized spacial score (nSPS) is 26.6. The number of carbonyl (C=O) groups is 1.